The lowest BCUT2D eigenvalue weighted by Crippen LogP contribution is -2.27. The second-order valence-corrected chi connectivity index (χ2v) is 7.76. The summed E-state index contributed by atoms with van der Waals surface area (Å²) in [5, 5.41) is 4.83. The summed E-state index contributed by atoms with van der Waals surface area (Å²) in [5.41, 5.74) is 1.22. The fourth-order valence-corrected chi connectivity index (χ4v) is 4.73. The molecular weight excluding hydrogens is 360 g/mol. The predicted molar refractivity (Wildman–Crippen MR) is 115 cm³/mol. The molecule has 1 aliphatic rings. The van der Waals surface area contributed by atoms with Crippen molar-refractivity contribution in [2.75, 3.05) is 6.54 Å². The highest BCUT2D eigenvalue weighted by molar-refractivity contribution is 8.26. The van der Waals surface area contributed by atoms with Gasteiger partial charge in [-0.25, -0.2) is 0 Å². The number of amides is 1. The van der Waals surface area contributed by atoms with Gasteiger partial charge in [-0.15, -0.1) is 6.58 Å². The second kappa shape index (κ2) is 6.74. The minimum absolute atomic E-state index is 0.0477. The molecule has 0 bridgehead atoms. The number of thiocarbonyl (C=S) groups is 1. The zero-order valence-corrected chi connectivity index (χ0v) is 16.1. The maximum Gasteiger partial charge on any atom is 0.266 e. The normalized spacial score (nSPS) is 17.3. The predicted octanol–water partition coefficient (Wildman–Crippen LogP) is 4.24. The maximum atomic E-state index is 12.5. The fraction of sp³-hybridized carbons (Fsp3) is 0.143. The van der Waals surface area contributed by atoms with Gasteiger partial charge >= 0.3 is 0 Å². The molecule has 1 fully saturated rings. The quantitative estimate of drug-likeness (QED) is 0.386. The van der Waals surface area contributed by atoms with E-state index in [0.717, 1.165) is 11.9 Å². The van der Waals surface area contributed by atoms with Gasteiger partial charge in [0.2, 0.25) is 0 Å². The summed E-state index contributed by atoms with van der Waals surface area (Å²) in [7, 11) is 0. The van der Waals surface area contributed by atoms with Gasteiger partial charge in [-0.1, -0.05) is 60.4 Å². The third kappa shape index (κ3) is 2.59. The van der Waals surface area contributed by atoms with Gasteiger partial charge in [0.05, 0.1) is 4.91 Å². The van der Waals surface area contributed by atoms with Crippen LogP contribution in [0.25, 0.3) is 27.8 Å². The zero-order valence-electron chi connectivity index (χ0n) is 14.4. The molecule has 1 saturated heterocycles. The lowest BCUT2D eigenvalue weighted by atomic mass is 10.1. The molecular formula is C21H18N2OS2. The van der Waals surface area contributed by atoms with Gasteiger partial charge in [-0.2, -0.15) is 0 Å². The van der Waals surface area contributed by atoms with Crippen LogP contribution in [-0.2, 0) is 11.3 Å². The Labute approximate surface area is 161 Å². The minimum atomic E-state index is -0.0477. The molecule has 2 aromatic carbocycles. The first-order valence-electron chi connectivity index (χ1n) is 8.52. The Bertz CT molecular complexity index is 1130. The summed E-state index contributed by atoms with van der Waals surface area (Å²) in [6.07, 6.45) is 5.63. The smallest absolute Gasteiger partial charge is 0.266 e. The Kier molecular flexibility index (Phi) is 4.42. The Morgan fingerprint density at radius 3 is 2.69 bits per heavy atom. The molecule has 0 saturated carbocycles. The van der Waals surface area contributed by atoms with Gasteiger partial charge in [0, 0.05) is 34.7 Å². The lowest BCUT2D eigenvalue weighted by Gasteiger charge is -2.10. The highest BCUT2D eigenvalue weighted by Gasteiger charge is 2.30. The van der Waals surface area contributed by atoms with E-state index in [-0.39, 0.29) is 5.91 Å². The van der Waals surface area contributed by atoms with Crippen LogP contribution in [0.1, 0.15) is 6.92 Å². The molecule has 4 rings (SSSR count). The number of carbonyl (C=O) groups excluding carboxylic acids is 1. The summed E-state index contributed by atoms with van der Waals surface area (Å²) in [5.74, 6) is -0.0477. The number of allylic oxidation sites excluding steroid dienone is 1. The number of aryl methyl sites for hydroxylation is 1. The van der Waals surface area contributed by atoms with E-state index in [0.29, 0.717) is 15.8 Å². The average molecular weight is 379 g/mol. The molecule has 5 heteroatoms. The highest BCUT2D eigenvalue weighted by Crippen LogP contribution is 2.31. The van der Waals surface area contributed by atoms with E-state index >= 15 is 0 Å². The van der Waals surface area contributed by atoms with E-state index in [4.69, 9.17) is 12.2 Å². The van der Waals surface area contributed by atoms with Crippen LogP contribution in [0.3, 0.4) is 0 Å². The van der Waals surface area contributed by atoms with Gasteiger partial charge in [0.1, 0.15) is 4.32 Å². The van der Waals surface area contributed by atoms with Crippen LogP contribution >= 0.6 is 24.0 Å². The van der Waals surface area contributed by atoms with Crippen molar-refractivity contribution in [2.24, 2.45) is 0 Å². The van der Waals surface area contributed by atoms with Crippen molar-refractivity contribution in [3.05, 3.63) is 65.4 Å². The van der Waals surface area contributed by atoms with Crippen molar-refractivity contribution in [2.45, 2.75) is 13.5 Å². The first-order valence-corrected chi connectivity index (χ1v) is 9.74. The van der Waals surface area contributed by atoms with Gasteiger partial charge in [-0.3, -0.25) is 9.69 Å². The molecule has 0 aliphatic carbocycles. The number of benzene rings is 2. The van der Waals surface area contributed by atoms with Crippen LogP contribution in [0.4, 0.5) is 0 Å². The van der Waals surface area contributed by atoms with Crippen molar-refractivity contribution in [1.29, 1.82) is 0 Å². The fourth-order valence-electron chi connectivity index (χ4n) is 3.51. The van der Waals surface area contributed by atoms with Crippen molar-refractivity contribution < 1.29 is 4.79 Å². The van der Waals surface area contributed by atoms with E-state index < -0.39 is 0 Å². The van der Waals surface area contributed by atoms with Gasteiger partial charge in [0.25, 0.3) is 5.91 Å². The molecule has 0 spiro atoms. The van der Waals surface area contributed by atoms with Crippen molar-refractivity contribution >= 4 is 62.0 Å². The van der Waals surface area contributed by atoms with E-state index in [1.54, 1.807) is 11.0 Å². The largest absolute Gasteiger partial charge is 0.341 e. The number of carbonyl (C=O) groups is 1. The molecule has 26 heavy (non-hydrogen) atoms. The number of rotatable bonds is 4. The standard InChI is InChI=1S/C21H18N2OS2/c1-3-13-23-20(24)18(26-21(23)25)12-11-16-15-9-5-7-14-8-6-10-17(19(14)15)22(16)4-2/h3,5-12H,1,4,13H2,2H3/b16-11+,18-12-. The summed E-state index contributed by atoms with van der Waals surface area (Å²) < 4.78 is 2.88. The van der Waals surface area contributed by atoms with Crippen LogP contribution in [-0.4, -0.2) is 26.2 Å². The van der Waals surface area contributed by atoms with Crippen LogP contribution in [0.5, 0.6) is 0 Å². The number of nitrogens with zero attached hydrogens (tertiary/aromatic N) is 2. The SMILES string of the molecule is C=CCN1C(=O)/C(=C/C=c2\c3cccc4cccc(c43)n2CC)SC1=S. The van der Waals surface area contributed by atoms with Gasteiger partial charge in [0.15, 0.2) is 0 Å². The molecule has 3 nitrogen and oxygen atoms in total. The zero-order chi connectivity index (χ0) is 18.3. The second-order valence-electron chi connectivity index (χ2n) is 6.08. The number of hydrogen-bond donors (Lipinski definition) is 0. The molecule has 0 atom stereocenters. The first-order chi connectivity index (χ1) is 12.7. The molecule has 130 valence electrons. The molecule has 0 radical (unpaired) electrons. The van der Waals surface area contributed by atoms with E-state index in [1.807, 2.05) is 12.2 Å². The van der Waals surface area contributed by atoms with Gasteiger partial charge < -0.3 is 4.57 Å². The highest BCUT2D eigenvalue weighted by atomic mass is 32.2. The summed E-state index contributed by atoms with van der Waals surface area (Å²) in [4.78, 5) is 14.8. The van der Waals surface area contributed by atoms with Crippen LogP contribution < -0.4 is 5.35 Å². The number of hydrogen-bond acceptors (Lipinski definition) is 3. The Morgan fingerprint density at radius 2 is 1.96 bits per heavy atom. The van der Waals surface area contributed by atoms with Crippen LogP contribution in [0, 0.1) is 0 Å². The summed E-state index contributed by atoms with van der Waals surface area (Å²) in [6.45, 7) is 7.15. The monoisotopic (exact) mass is 378 g/mol. The summed E-state index contributed by atoms with van der Waals surface area (Å²) in [6, 6.07) is 12.7. The summed E-state index contributed by atoms with van der Waals surface area (Å²) >= 11 is 6.66. The van der Waals surface area contributed by atoms with Crippen LogP contribution in [0.15, 0.2) is 60.0 Å². The van der Waals surface area contributed by atoms with Crippen LogP contribution in [0.2, 0.25) is 0 Å². The molecule has 0 N–H and O–H groups in total. The molecule has 3 aromatic rings. The maximum absolute atomic E-state index is 12.5. The number of aromatic nitrogens is 1. The Morgan fingerprint density at radius 1 is 1.19 bits per heavy atom. The molecule has 1 aliphatic heterocycles. The van der Waals surface area contributed by atoms with Gasteiger partial charge in [-0.05, 0) is 30.5 Å². The average Bonchev–Trinajstić information content (AvgIpc) is 3.11. The molecule has 1 aromatic heterocycles. The van der Waals surface area contributed by atoms with Crippen molar-refractivity contribution in [3.63, 3.8) is 0 Å². The van der Waals surface area contributed by atoms with Crippen molar-refractivity contribution in [1.82, 2.24) is 9.47 Å². The third-order valence-electron chi connectivity index (χ3n) is 4.63. The molecule has 1 amide bonds. The Hall–Kier alpha value is -2.37. The van der Waals surface area contributed by atoms with E-state index in [1.165, 1.54) is 33.4 Å². The lowest BCUT2D eigenvalue weighted by molar-refractivity contribution is -0.121. The topological polar surface area (TPSA) is 25.2 Å². The Balaban J connectivity index is 1.90. The molecule has 2 heterocycles. The number of thioether (sulfide) groups is 1. The van der Waals surface area contributed by atoms with E-state index in [2.05, 4.69) is 54.5 Å². The van der Waals surface area contributed by atoms with Crippen molar-refractivity contribution in [3.8, 4) is 0 Å². The van der Waals surface area contributed by atoms with E-state index in [9.17, 15) is 4.79 Å². The third-order valence-corrected chi connectivity index (χ3v) is 6.03. The minimum Gasteiger partial charge on any atom is -0.341 e. The molecule has 0 unspecified atom stereocenters. The first kappa shape index (κ1) is 17.1.